The van der Waals surface area contributed by atoms with Crippen LogP contribution in [0.2, 0.25) is 0 Å². The van der Waals surface area contributed by atoms with Gasteiger partial charge < -0.3 is 10.1 Å². The molecule has 2 aromatic carbocycles. The minimum Gasteiger partial charge on any atom is -0.489 e. The van der Waals surface area contributed by atoms with E-state index >= 15 is 0 Å². The van der Waals surface area contributed by atoms with Crippen molar-refractivity contribution < 1.29 is 4.74 Å². The molecule has 0 aliphatic carbocycles. The van der Waals surface area contributed by atoms with E-state index in [2.05, 4.69) is 69.1 Å². The van der Waals surface area contributed by atoms with Crippen molar-refractivity contribution >= 4 is 10.8 Å². The monoisotopic (exact) mass is 283 g/mol. The summed E-state index contributed by atoms with van der Waals surface area (Å²) in [5.74, 6) is 0.938. The first-order chi connectivity index (χ1) is 9.87. The van der Waals surface area contributed by atoms with Crippen molar-refractivity contribution in [3.63, 3.8) is 0 Å². The van der Waals surface area contributed by atoms with E-state index in [1.807, 2.05) is 6.92 Å². The molecule has 0 saturated heterocycles. The van der Waals surface area contributed by atoms with Crippen LogP contribution in [0.3, 0.4) is 0 Å². The average Bonchev–Trinajstić information content (AvgIpc) is 2.42. The molecule has 0 aromatic heterocycles. The Labute approximate surface area is 127 Å². The van der Waals surface area contributed by atoms with E-state index in [-0.39, 0.29) is 5.54 Å². The van der Waals surface area contributed by atoms with Crippen LogP contribution in [0.25, 0.3) is 10.8 Å². The second-order valence-corrected chi connectivity index (χ2v) is 6.61. The van der Waals surface area contributed by atoms with Crippen LogP contribution in [0, 0.1) is 0 Å². The minimum absolute atomic E-state index is 0.0720. The summed E-state index contributed by atoms with van der Waals surface area (Å²) in [5, 5.41) is 6.04. The molecule has 0 fully saturated rings. The third kappa shape index (κ3) is 4.33. The fraction of sp³-hybridized carbons (Fsp3) is 0.368. The summed E-state index contributed by atoms with van der Waals surface area (Å²) in [7, 11) is 0. The van der Waals surface area contributed by atoms with Gasteiger partial charge in [-0.25, -0.2) is 0 Å². The molecule has 0 saturated carbocycles. The number of ether oxygens (including phenoxy) is 1. The molecule has 0 atom stereocenters. The third-order valence-corrected chi connectivity index (χ3v) is 3.27. The number of benzene rings is 2. The van der Waals surface area contributed by atoms with E-state index in [0.717, 1.165) is 17.9 Å². The first-order valence-corrected chi connectivity index (χ1v) is 7.40. The summed E-state index contributed by atoms with van der Waals surface area (Å²) >= 11 is 0. The van der Waals surface area contributed by atoms with Crippen LogP contribution >= 0.6 is 0 Å². The lowest BCUT2D eigenvalue weighted by molar-refractivity contribution is 0.344. The SMILES string of the molecule is C=C(C)COc1ccc2ccccc2c1CNC(C)(C)C. The second kappa shape index (κ2) is 6.31. The smallest absolute Gasteiger partial charge is 0.124 e. The van der Waals surface area contributed by atoms with Crippen molar-refractivity contribution in [3.05, 3.63) is 54.1 Å². The molecule has 0 amide bonds. The van der Waals surface area contributed by atoms with E-state index in [9.17, 15) is 0 Å². The normalized spacial score (nSPS) is 11.6. The fourth-order valence-corrected chi connectivity index (χ4v) is 2.19. The van der Waals surface area contributed by atoms with Crippen LogP contribution in [0.4, 0.5) is 0 Å². The average molecular weight is 283 g/mol. The van der Waals surface area contributed by atoms with Gasteiger partial charge in [0.15, 0.2) is 0 Å². The highest BCUT2D eigenvalue weighted by Gasteiger charge is 2.13. The van der Waals surface area contributed by atoms with E-state index in [0.29, 0.717) is 6.61 Å². The van der Waals surface area contributed by atoms with E-state index in [1.54, 1.807) is 0 Å². The van der Waals surface area contributed by atoms with E-state index in [4.69, 9.17) is 4.74 Å². The van der Waals surface area contributed by atoms with Gasteiger partial charge in [0.2, 0.25) is 0 Å². The summed E-state index contributed by atoms with van der Waals surface area (Å²) in [6.07, 6.45) is 0. The highest BCUT2D eigenvalue weighted by atomic mass is 16.5. The summed E-state index contributed by atoms with van der Waals surface area (Å²) < 4.78 is 5.93. The van der Waals surface area contributed by atoms with Gasteiger partial charge in [0.05, 0.1) is 0 Å². The van der Waals surface area contributed by atoms with Gasteiger partial charge in [-0.2, -0.15) is 0 Å². The maximum absolute atomic E-state index is 5.93. The van der Waals surface area contributed by atoms with Gasteiger partial charge >= 0.3 is 0 Å². The largest absolute Gasteiger partial charge is 0.489 e. The highest BCUT2D eigenvalue weighted by Crippen LogP contribution is 2.28. The summed E-state index contributed by atoms with van der Waals surface area (Å²) in [6, 6.07) is 12.6. The Balaban J connectivity index is 2.39. The molecule has 0 spiro atoms. The Hall–Kier alpha value is -1.80. The molecule has 2 rings (SSSR count). The fourth-order valence-electron chi connectivity index (χ4n) is 2.19. The zero-order valence-electron chi connectivity index (χ0n) is 13.5. The predicted molar refractivity (Wildman–Crippen MR) is 90.8 cm³/mol. The Morgan fingerprint density at radius 2 is 1.86 bits per heavy atom. The third-order valence-electron chi connectivity index (χ3n) is 3.27. The topological polar surface area (TPSA) is 21.3 Å². The van der Waals surface area contributed by atoms with Gasteiger partial charge in [-0.05, 0) is 50.1 Å². The van der Waals surface area contributed by atoms with Crippen LogP contribution in [-0.4, -0.2) is 12.1 Å². The number of hydrogen-bond donors (Lipinski definition) is 1. The Morgan fingerprint density at radius 3 is 2.52 bits per heavy atom. The second-order valence-electron chi connectivity index (χ2n) is 6.61. The number of fused-ring (bicyclic) bond motifs is 1. The van der Waals surface area contributed by atoms with Gasteiger partial charge in [-0.15, -0.1) is 0 Å². The molecular weight excluding hydrogens is 258 g/mol. The van der Waals surface area contributed by atoms with Crippen molar-refractivity contribution in [2.24, 2.45) is 0 Å². The highest BCUT2D eigenvalue weighted by molar-refractivity contribution is 5.87. The number of nitrogens with one attached hydrogen (secondary N) is 1. The van der Waals surface area contributed by atoms with Crippen LogP contribution in [0.5, 0.6) is 5.75 Å². The van der Waals surface area contributed by atoms with Crippen molar-refractivity contribution in [2.45, 2.75) is 39.8 Å². The summed E-state index contributed by atoms with van der Waals surface area (Å²) in [5.41, 5.74) is 2.31. The molecule has 112 valence electrons. The molecule has 0 unspecified atom stereocenters. The summed E-state index contributed by atoms with van der Waals surface area (Å²) in [4.78, 5) is 0. The molecule has 2 heteroatoms. The zero-order valence-corrected chi connectivity index (χ0v) is 13.5. The molecule has 0 aliphatic heterocycles. The van der Waals surface area contributed by atoms with Gasteiger partial charge in [-0.3, -0.25) is 0 Å². The van der Waals surface area contributed by atoms with Crippen LogP contribution < -0.4 is 10.1 Å². The zero-order chi connectivity index (χ0) is 15.5. The van der Waals surface area contributed by atoms with Crippen molar-refractivity contribution in [3.8, 4) is 5.75 Å². The molecular formula is C19H25NO. The first-order valence-electron chi connectivity index (χ1n) is 7.40. The maximum atomic E-state index is 5.93. The molecule has 0 bridgehead atoms. The number of rotatable bonds is 5. The van der Waals surface area contributed by atoms with Crippen molar-refractivity contribution in [2.75, 3.05) is 6.61 Å². The quantitative estimate of drug-likeness (QED) is 0.804. The Bertz CT molecular complexity index is 638. The van der Waals surface area contributed by atoms with E-state index in [1.165, 1.54) is 16.3 Å². The van der Waals surface area contributed by atoms with Crippen molar-refractivity contribution in [1.82, 2.24) is 5.32 Å². The number of hydrogen-bond acceptors (Lipinski definition) is 2. The Morgan fingerprint density at radius 1 is 1.14 bits per heavy atom. The predicted octanol–water partition coefficient (Wildman–Crippen LogP) is 4.68. The van der Waals surface area contributed by atoms with Gasteiger partial charge in [0, 0.05) is 17.6 Å². The minimum atomic E-state index is 0.0720. The molecule has 2 nitrogen and oxygen atoms in total. The van der Waals surface area contributed by atoms with Gasteiger partial charge in [0.1, 0.15) is 12.4 Å². The molecule has 0 heterocycles. The van der Waals surface area contributed by atoms with Gasteiger partial charge in [0.25, 0.3) is 0 Å². The maximum Gasteiger partial charge on any atom is 0.124 e. The molecule has 0 radical (unpaired) electrons. The van der Waals surface area contributed by atoms with Crippen LogP contribution in [-0.2, 0) is 6.54 Å². The lowest BCUT2D eigenvalue weighted by Crippen LogP contribution is -2.35. The standard InChI is InChI=1S/C19H25NO/c1-14(2)13-21-18-11-10-15-8-6-7-9-16(15)17(18)12-20-19(3,4)5/h6-11,20H,1,12-13H2,2-5H3. The van der Waals surface area contributed by atoms with Crippen LogP contribution in [0.1, 0.15) is 33.3 Å². The van der Waals surface area contributed by atoms with Crippen molar-refractivity contribution in [1.29, 1.82) is 0 Å². The first kappa shape index (κ1) is 15.6. The molecule has 2 aromatic rings. The summed E-state index contributed by atoms with van der Waals surface area (Å²) in [6.45, 7) is 13.8. The van der Waals surface area contributed by atoms with E-state index < -0.39 is 0 Å². The molecule has 0 aliphatic rings. The molecule has 21 heavy (non-hydrogen) atoms. The van der Waals surface area contributed by atoms with Gasteiger partial charge in [-0.1, -0.05) is 36.9 Å². The lowest BCUT2D eigenvalue weighted by Gasteiger charge is -2.22. The molecule has 1 N–H and O–H groups in total. The Kier molecular flexibility index (Phi) is 4.69. The lowest BCUT2D eigenvalue weighted by atomic mass is 10.0. The van der Waals surface area contributed by atoms with Crippen LogP contribution in [0.15, 0.2) is 48.6 Å².